The Morgan fingerprint density at radius 2 is 1.89 bits per heavy atom. The third-order valence-electron chi connectivity index (χ3n) is 10.4. The Balaban J connectivity index is 1.62. The van der Waals surface area contributed by atoms with E-state index in [4.69, 9.17) is 13.9 Å². The molecule has 2 heterocycles. The number of aliphatic hydroxyl groups is 1. The third-order valence-corrected chi connectivity index (χ3v) is 10.4. The van der Waals surface area contributed by atoms with Crippen molar-refractivity contribution in [2.75, 3.05) is 0 Å². The number of hydrogen-bond donors (Lipinski definition) is 1. The SMILES string of the molecule is CC(=O)O[C@@H]1C[C@@]2(C)[C@H](c3ccoc3)C[C@H]3O[C@]32[C@]2(C)C(=O)C(O)=C3C(C)(C)C(=O)C=C[C@]3(C)C12. The highest BCUT2D eigenvalue weighted by Gasteiger charge is 2.88. The second-order valence-corrected chi connectivity index (χ2v) is 12.3. The van der Waals surface area contributed by atoms with E-state index in [0.29, 0.717) is 18.4 Å². The molecule has 5 aliphatic rings. The van der Waals surface area contributed by atoms with Crippen LogP contribution >= 0.6 is 0 Å². The molecule has 4 aliphatic carbocycles. The van der Waals surface area contributed by atoms with Gasteiger partial charge in [0.2, 0.25) is 5.78 Å². The van der Waals surface area contributed by atoms with Crippen molar-refractivity contribution < 1.29 is 33.4 Å². The molecular formula is C28H32O7. The maximum absolute atomic E-state index is 14.3. The molecular weight excluding hydrogens is 448 g/mol. The molecule has 7 heteroatoms. The first-order valence-corrected chi connectivity index (χ1v) is 12.4. The van der Waals surface area contributed by atoms with Gasteiger partial charge in [0.25, 0.3) is 0 Å². The zero-order chi connectivity index (χ0) is 25.3. The van der Waals surface area contributed by atoms with Crippen LogP contribution in [0.4, 0.5) is 0 Å². The molecule has 1 aromatic rings. The van der Waals surface area contributed by atoms with Gasteiger partial charge in [-0.05, 0) is 62.8 Å². The minimum Gasteiger partial charge on any atom is -0.504 e. The Morgan fingerprint density at radius 3 is 2.51 bits per heavy atom. The molecule has 1 spiro atoms. The summed E-state index contributed by atoms with van der Waals surface area (Å²) in [5.41, 5.74) is -3.06. The topological polar surface area (TPSA) is 106 Å². The fourth-order valence-electron chi connectivity index (χ4n) is 9.22. The lowest BCUT2D eigenvalue weighted by molar-refractivity contribution is -0.200. The maximum atomic E-state index is 14.3. The van der Waals surface area contributed by atoms with Gasteiger partial charge < -0.3 is 19.0 Å². The summed E-state index contributed by atoms with van der Waals surface area (Å²) in [5.74, 6) is -1.84. The molecule has 1 saturated heterocycles. The van der Waals surface area contributed by atoms with Crippen LogP contribution in [0.5, 0.6) is 0 Å². The molecule has 8 atom stereocenters. The highest BCUT2D eigenvalue weighted by atomic mass is 16.6. The lowest BCUT2D eigenvalue weighted by Gasteiger charge is -2.64. The van der Waals surface area contributed by atoms with E-state index in [2.05, 4.69) is 6.92 Å². The smallest absolute Gasteiger partial charge is 0.302 e. The number of fused-ring (bicyclic) bond motifs is 3. The predicted molar refractivity (Wildman–Crippen MR) is 124 cm³/mol. The number of aliphatic hydroxyl groups excluding tert-OH is 1. The second-order valence-electron chi connectivity index (χ2n) is 12.3. The van der Waals surface area contributed by atoms with Crippen molar-refractivity contribution in [3.05, 3.63) is 47.6 Å². The van der Waals surface area contributed by atoms with Crippen LogP contribution in [0.25, 0.3) is 0 Å². The van der Waals surface area contributed by atoms with Crippen LogP contribution in [0, 0.1) is 27.6 Å². The summed E-state index contributed by atoms with van der Waals surface area (Å²) in [7, 11) is 0. The zero-order valence-corrected chi connectivity index (χ0v) is 21.0. The molecule has 6 rings (SSSR count). The summed E-state index contributed by atoms with van der Waals surface area (Å²) in [6.07, 6.45) is 7.17. The van der Waals surface area contributed by atoms with Crippen molar-refractivity contribution in [1.29, 1.82) is 0 Å². The Kier molecular flexibility index (Phi) is 4.14. The summed E-state index contributed by atoms with van der Waals surface area (Å²) >= 11 is 0. The summed E-state index contributed by atoms with van der Waals surface area (Å²) in [4.78, 5) is 39.6. The Labute approximate surface area is 204 Å². The number of epoxide rings is 1. The zero-order valence-electron chi connectivity index (χ0n) is 21.0. The summed E-state index contributed by atoms with van der Waals surface area (Å²) in [5, 5.41) is 11.5. The van der Waals surface area contributed by atoms with E-state index < -0.39 is 51.0 Å². The van der Waals surface area contributed by atoms with Gasteiger partial charge in [0.1, 0.15) is 11.7 Å². The van der Waals surface area contributed by atoms with Gasteiger partial charge in [0.05, 0.1) is 29.5 Å². The quantitative estimate of drug-likeness (QED) is 0.493. The number of esters is 1. The molecule has 0 amide bonds. The number of rotatable bonds is 2. The fourth-order valence-corrected chi connectivity index (χ4v) is 9.22. The monoisotopic (exact) mass is 480 g/mol. The number of ether oxygens (including phenoxy) is 2. The highest BCUT2D eigenvalue weighted by molar-refractivity contribution is 6.06. The molecule has 7 nitrogen and oxygen atoms in total. The number of furan rings is 1. The van der Waals surface area contributed by atoms with Gasteiger partial charge in [0.15, 0.2) is 11.5 Å². The average molecular weight is 481 g/mol. The minimum atomic E-state index is -1.17. The largest absolute Gasteiger partial charge is 0.504 e. The Bertz CT molecular complexity index is 1240. The standard InChI is InChI=1S/C28H32O7/c1-14(29)34-17-12-26(5)16(15-8-10-33-13-15)11-19-28(26,35-19)27(6)21(17)25(4)9-7-18(30)24(2,3)22(25)20(31)23(27)32/h7-10,13,16-17,19,21,31H,11-12H2,1-6H3/t16-,17+,19+,21?,25+,26-,27-,28+/m0/s1. The van der Waals surface area contributed by atoms with E-state index in [0.717, 1.165) is 5.56 Å². The first-order chi connectivity index (χ1) is 16.3. The van der Waals surface area contributed by atoms with Crippen molar-refractivity contribution in [2.24, 2.45) is 27.6 Å². The van der Waals surface area contributed by atoms with E-state index in [9.17, 15) is 19.5 Å². The van der Waals surface area contributed by atoms with E-state index >= 15 is 0 Å². The van der Waals surface area contributed by atoms with Crippen LogP contribution < -0.4 is 0 Å². The molecule has 35 heavy (non-hydrogen) atoms. The van der Waals surface area contributed by atoms with Crippen molar-refractivity contribution in [3.63, 3.8) is 0 Å². The van der Waals surface area contributed by atoms with Crippen LogP contribution in [0.1, 0.15) is 65.9 Å². The lowest BCUT2D eigenvalue weighted by atomic mass is 9.38. The normalized spacial score (nSPS) is 47.0. The molecule has 1 aromatic heterocycles. The number of carbonyl (C=O) groups excluding carboxylic acids is 3. The van der Waals surface area contributed by atoms with Crippen molar-refractivity contribution >= 4 is 17.5 Å². The van der Waals surface area contributed by atoms with Gasteiger partial charge in [-0.15, -0.1) is 0 Å². The van der Waals surface area contributed by atoms with Crippen LogP contribution in [-0.4, -0.2) is 40.5 Å². The van der Waals surface area contributed by atoms with Crippen molar-refractivity contribution in [1.82, 2.24) is 0 Å². The van der Waals surface area contributed by atoms with Gasteiger partial charge in [-0.3, -0.25) is 14.4 Å². The molecule has 0 bridgehead atoms. The van der Waals surface area contributed by atoms with E-state index in [1.54, 1.807) is 38.5 Å². The maximum Gasteiger partial charge on any atom is 0.302 e. The Hall–Kier alpha value is -2.67. The van der Waals surface area contributed by atoms with Gasteiger partial charge in [-0.25, -0.2) is 0 Å². The minimum absolute atomic E-state index is 0.0453. The van der Waals surface area contributed by atoms with E-state index in [-0.39, 0.29) is 23.6 Å². The molecule has 1 unspecified atom stereocenters. The molecule has 0 aromatic carbocycles. The number of carbonyl (C=O) groups is 3. The van der Waals surface area contributed by atoms with Gasteiger partial charge in [-0.1, -0.05) is 19.9 Å². The molecule has 3 fully saturated rings. The second kappa shape index (κ2) is 6.36. The molecule has 0 radical (unpaired) electrons. The van der Waals surface area contributed by atoms with Gasteiger partial charge >= 0.3 is 5.97 Å². The van der Waals surface area contributed by atoms with Crippen LogP contribution in [0.15, 0.2) is 46.5 Å². The van der Waals surface area contributed by atoms with Gasteiger partial charge in [-0.2, -0.15) is 0 Å². The first kappa shape index (κ1) is 22.8. The third kappa shape index (κ3) is 2.30. The van der Waals surface area contributed by atoms with E-state index in [1.807, 2.05) is 19.9 Å². The highest BCUT2D eigenvalue weighted by Crippen LogP contribution is 2.81. The molecule has 2 saturated carbocycles. The number of Topliss-reactive ketones (excluding diaryl/α,β-unsaturated/α-hetero) is 1. The molecule has 186 valence electrons. The predicted octanol–water partition coefficient (Wildman–Crippen LogP) is 4.43. The summed E-state index contributed by atoms with van der Waals surface area (Å²) in [6, 6.07) is 1.95. The van der Waals surface area contributed by atoms with Crippen LogP contribution in [0.3, 0.4) is 0 Å². The van der Waals surface area contributed by atoms with Crippen LogP contribution in [-0.2, 0) is 23.9 Å². The lowest BCUT2D eigenvalue weighted by Crippen LogP contribution is -2.70. The van der Waals surface area contributed by atoms with Gasteiger partial charge in [0, 0.05) is 23.7 Å². The first-order valence-electron chi connectivity index (χ1n) is 12.4. The number of hydrogen-bond acceptors (Lipinski definition) is 7. The molecule has 1 aliphatic heterocycles. The van der Waals surface area contributed by atoms with Crippen molar-refractivity contribution in [3.8, 4) is 0 Å². The summed E-state index contributed by atoms with van der Waals surface area (Å²) < 4.78 is 17.9. The average Bonchev–Trinajstić information content (AvgIpc) is 3.13. The summed E-state index contributed by atoms with van der Waals surface area (Å²) in [6.45, 7) is 10.8. The molecule has 1 N–H and O–H groups in total. The van der Waals surface area contributed by atoms with E-state index in [1.165, 1.54) is 6.92 Å². The number of allylic oxidation sites excluding steroid dienone is 4. The number of ketones is 2. The Morgan fingerprint density at radius 1 is 1.17 bits per heavy atom. The van der Waals surface area contributed by atoms with Crippen molar-refractivity contribution in [2.45, 2.75) is 78.1 Å². The van der Waals surface area contributed by atoms with Crippen LogP contribution in [0.2, 0.25) is 0 Å². The fraction of sp³-hybridized carbons (Fsp3) is 0.607.